The second-order valence-electron chi connectivity index (χ2n) is 8.46. The largest absolute Gasteiger partial charge is 0.477 e. The van der Waals surface area contributed by atoms with E-state index in [9.17, 15) is 9.90 Å². The molecule has 0 bridgehead atoms. The van der Waals surface area contributed by atoms with Crippen molar-refractivity contribution >= 4 is 45.6 Å². The molecule has 3 nitrogen and oxygen atoms in total. The van der Waals surface area contributed by atoms with Gasteiger partial charge in [-0.05, 0) is 54.0 Å². The molecule has 2 heterocycles. The summed E-state index contributed by atoms with van der Waals surface area (Å²) in [7, 11) is 2.13. The number of benzene rings is 3. The summed E-state index contributed by atoms with van der Waals surface area (Å²) in [6.07, 6.45) is 5.08. The van der Waals surface area contributed by atoms with Crippen LogP contribution in [0.25, 0.3) is 16.8 Å². The number of carboxylic acid groups (broad SMARTS) is 1. The Kier molecular flexibility index (Phi) is 5.03. The van der Waals surface area contributed by atoms with Gasteiger partial charge >= 0.3 is 5.97 Å². The number of hydrogen-bond donors (Lipinski definition) is 1. The third-order valence-corrected chi connectivity index (χ3v) is 7.43. The Bertz CT molecular complexity index is 1400. The first-order chi connectivity index (χ1) is 15.5. The third kappa shape index (κ3) is 3.37. The SMILES string of the molecule is C[N+]1=C(C=Cc2ccc(C(=O)O)s2)C(C)(Cc2ccccc2)c2c1ccc1ccccc21. The van der Waals surface area contributed by atoms with Crippen LogP contribution in [0, 0.1) is 0 Å². The number of hydrogen-bond acceptors (Lipinski definition) is 2. The molecule has 4 aromatic rings. The molecule has 158 valence electrons. The number of fused-ring (bicyclic) bond motifs is 3. The van der Waals surface area contributed by atoms with Crippen molar-refractivity contribution in [2.75, 3.05) is 7.05 Å². The number of carbonyl (C=O) groups is 1. The lowest BCUT2D eigenvalue weighted by molar-refractivity contribution is -0.401. The average molecular weight is 439 g/mol. The van der Waals surface area contributed by atoms with Crippen molar-refractivity contribution < 1.29 is 14.5 Å². The zero-order valence-corrected chi connectivity index (χ0v) is 18.9. The molecule has 0 amide bonds. The molecule has 1 aliphatic heterocycles. The Hall–Kier alpha value is -3.50. The molecule has 0 saturated heterocycles. The lowest BCUT2D eigenvalue weighted by Gasteiger charge is -2.24. The van der Waals surface area contributed by atoms with Crippen molar-refractivity contribution in [2.24, 2.45) is 0 Å². The topological polar surface area (TPSA) is 40.3 Å². The van der Waals surface area contributed by atoms with Crippen LogP contribution in [-0.2, 0) is 11.8 Å². The molecular formula is C28H24NO2S+. The van der Waals surface area contributed by atoms with Gasteiger partial charge in [-0.1, -0.05) is 54.6 Å². The minimum atomic E-state index is -0.881. The van der Waals surface area contributed by atoms with E-state index in [0.717, 1.165) is 11.3 Å². The maximum Gasteiger partial charge on any atom is 0.345 e. The summed E-state index contributed by atoms with van der Waals surface area (Å²) in [5, 5.41) is 11.8. The van der Waals surface area contributed by atoms with E-state index in [1.54, 1.807) is 6.07 Å². The Morgan fingerprint density at radius 1 is 0.969 bits per heavy atom. The molecule has 1 N–H and O–H groups in total. The molecule has 0 fully saturated rings. The lowest BCUT2D eigenvalue weighted by atomic mass is 9.73. The summed E-state index contributed by atoms with van der Waals surface area (Å²) in [4.78, 5) is 12.6. The van der Waals surface area contributed by atoms with Gasteiger partial charge in [0.15, 0.2) is 5.71 Å². The van der Waals surface area contributed by atoms with Crippen LogP contribution in [0.5, 0.6) is 0 Å². The van der Waals surface area contributed by atoms with E-state index in [1.807, 2.05) is 12.1 Å². The smallest absolute Gasteiger partial charge is 0.345 e. The third-order valence-electron chi connectivity index (χ3n) is 6.39. The van der Waals surface area contributed by atoms with Crippen LogP contribution in [0.4, 0.5) is 5.69 Å². The molecule has 1 aromatic heterocycles. The van der Waals surface area contributed by atoms with Crippen molar-refractivity contribution in [3.05, 3.63) is 106 Å². The van der Waals surface area contributed by atoms with Crippen LogP contribution < -0.4 is 0 Å². The van der Waals surface area contributed by atoms with Crippen LogP contribution in [0.3, 0.4) is 0 Å². The minimum Gasteiger partial charge on any atom is -0.477 e. The van der Waals surface area contributed by atoms with Crippen molar-refractivity contribution in [1.82, 2.24) is 0 Å². The molecule has 32 heavy (non-hydrogen) atoms. The highest BCUT2D eigenvalue weighted by atomic mass is 32.1. The second kappa shape index (κ2) is 7.88. The average Bonchev–Trinajstić information content (AvgIpc) is 3.35. The quantitative estimate of drug-likeness (QED) is 0.359. The molecular weight excluding hydrogens is 414 g/mol. The first kappa shape index (κ1) is 20.4. The minimum absolute atomic E-state index is 0.227. The van der Waals surface area contributed by atoms with Gasteiger partial charge in [-0.25, -0.2) is 4.79 Å². The van der Waals surface area contributed by atoms with Crippen molar-refractivity contribution in [3.8, 4) is 0 Å². The predicted octanol–water partition coefficient (Wildman–Crippen LogP) is 6.54. The van der Waals surface area contributed by atoms with E-state index in [-0.39, 0.29) is 5.41 Å². The second-order valence-corrected chi connectivity index (χ2v) is 9.58. The van der Waals surface area contributed by atoms with Crippen molar-refractivity contribution in [2.45, 2.75) is 18.8 Å². The molecule has 1 aliphatic rings. The number of carboxylic acids is 1. The van der Waals surface area contributed by atoms with Gasteiger partial charge in [0, 0.05) is 22.6 Å². The van der Waals surface area contributed by atoms with Crippen molar-refractivity contribution in [1.29, 1.82) is 0 Å². The van der Waals surface area contributed by atoms with E-state index in [4.69, 9.17) is 0 Å². The number of thiophene rings is 1. The van der Waals surface area contributed by atoms with Crippen LogP contribution in [0.1, 0.15) is 32.6 Å². The normalized spacial score (nSPS) is 17.9. The van der Waals surface area contributed by atoms with E-state index in [0.29, 0.717) is 4.88 Å². The number of rotatable bonds is 5. The molecule has 1 atom stereocenters. The Morgan fingerprint density at radius 2 is 1.72 bits per heavy atom. The summed E-state index contributed by atoms with van der Waals surface area (Å²) in [5.41, 5.74) is 4.84. The van der Waals surface area contributed by atoms with E-state index >= 15 is 0 Å². The van der Waals surface area contributed by atoms with Gasteiger partial charge in [0.1, 0.15) is 11.9 Å². The standard InChI is InChI=1S/C28H23NO2S/c1-28(18-19-8-4-3-5-9-19)25(17-14-21-13-16-24(32-21)27(30)31)29(2)23-15-12-20-10-6-7-11-22(20)26(23)28/h3-17H,18H2,1-2H3/p+1. The molecule has 5 rings (SSSR count). The zero-order chi connectivity index (χ0) is 22.3. The van der Waals surface area contributed by atoms with Crippen LogP contribution in [0.2, 0.25) is 0 Å². The highest BCUT2D eigenvalue weighted by Crippen LogP contribution is 2.45. The zero-order valence-electron chi connectivity index (χ0n) is 18.1. The first-order valence-corrected chi connectivity index (χ1v) is 11.5. The fourth-order valence-corrected chi connectivity index (χ4v) is 5.69. The van der Waals surface area contributed by atoms with Crippen molar-refractivity contribution in [3.63, 3.8) is 0 Å². The summed E-state index contributed by atoms with van der Waals surface area (Å²) in [6, 6.07) is 27.2. The van der Waals surface area contributed by atoms with Crippen LogP contribution >= 0.6 is 11.3 Å². The molecule has 1 unspecified atom stereocenters. The lowest BCUT2D eigenvalue weighted by Crippen LogP contribution is -2.33. The van der Waals surface area contributed by atoms with Crippen LogP contribution in [0.15, 0.2) is 84.9 Å². The first-order valence-electron chi connectivity index (χ1n) is 10.7. The highest BCUT2D eigenvalue weighted by molar-refractivity contribution is 7.14. The molecule has 0 spiro atoms. The maximum atomic E-state index is 11.3. The van der Waals surface area contributed by atoms with Gasteiger partial charge in [-0.15, -0.1) is 11.3 Å². The highest BCUT2D eigenvalue weighted by Gasteiger charge is 2.47. The molecule has 0 saturated carbocycles. The van der Waals surface area contributed by atoms with Gasteiger partial charge in [0.05, 0.1) is 5.41 Å². The summed E-state index contributed by atoms with van der Waals surface area (Å²) >= 11 is 1.30. The monoisotopic (exact) mass is 438 g/mol. The Labute approximate surface area is 191 Å². The molecule has 0 aliphatic carbocycles. The number of allylic oxidation sites excluding steroid dienone is 1. The van der Waals surface area contributed by atoms with Gasteiger partial charge in [-0.2, -0.15) is 4.58 Å². The number of nitrogens with zero attached hydrogens (tertiary/aromatic N) is 1. The Balaban J connectivity index is 1.66. The van der Waals surface area contributed by atoms with Gasteiger partial charge in [-0.3, -0.25) is 0 Å². The summed E-state index contributed by atoms with van der Waals surface area (Å²) < 4.78 is 2.28. The van der Waals surface area contributed by atoms with E-state index in [2.05, 4.69) is 91.4 Å². The van der Waals surface area contributed by atoms with Gasteiger partial charge < -0.3 is 5.11 Å². The predicted molar refractivity (Wildman–Crippen MR) is 133 cm³/mol. The summed E-state index contributed by atoms with van der Waals surface area (Å²) in [5.74, 6) is -0.881. The van der Waals surface area contributed by atoms with E-state index < -0.39 is 5.97 Å². The van der Waals surface area contributed by atoms with Gasteiger partial charge in [0.25, 0.3) is 0 Å². The van der Waals surface area contributed by atoms with E-state index in [1.165, 1.54) is 44.6 Å². The fraction of sp³-hybridized carbons (Fsp3) is 0.143. The Morgan fingerprint density at radius 3 is 2.47 bits per heavy atom. The molecule has 4 heteroatoms. The number of aromatic carboxylic acids is 1. The summed E-state index contributed by atoms with van der Waals surface area (Å²) in [6.45, 7) is 2.32. The molecule has 0 radical (unpaired) electrons. The molecule has 3 aromatic carbocycles. The van der Waals surface area contributed by atoms with Crippen LogP contribution in [-0.4, -0.2) is 28.4 Å². The van der Waals surface area contributed by atoms with Gasteiger partial charge in [0.2, 0.25) is 5.69 Å². The fourth-order valence-electron chi connectivity index (χ4n) is 4.94. The maximum absolute atomic E-state index is 11.3.